The van der Waals surface area contributed by atoms with Gasteiger partial charge in [-0.3, -0.25) is 10.2 Å². The Labute approximate surface area is 117 Å². The van der Waals surface area contributed by atoms with E-state index in [4.69, 9.17) is 0 Å². The van der Waals surface area contributed by atoms with Gasteiger partial charge in [-0.25, -0.2) is 10.2 Å². The molecule has 4 N–H and O–H groups in total. The summed E-state index contributed by atoms with van der Waals surface area (Å²) in [5.74, 6) is -0.361. The number of amides is 3. The van der Waals surface area contributed by atoms with E-state index in [0.29, 0.717) is 18.4 Å². The lowest BCUT2D eigenvalue weighted by Crippen LogP contribution is -2.50. The van der Waals surface area contributed by atoms with E-state index in [1.807, 2.05) is 6.07 Å². The minimum Gasteiger partial charge on any atom is -0.393 e. The van der Waals surface area contributed by atoms with Crippen LogP contribution >= 0.6 is 0 Å². The van der Waals surface area contributed by atoms with Crippen LogP contribution in [0.25, 0.3) is 0 Å². The molecule has 1 aliphatic carbocycles. The Kier molecular flexibility index (Phi) is 4.95. The molecular formula is C14H19N3O3. The van der Waals surface area contributed by atoms with Crippen LogP contribution < -0.4 is 16.2 Å². The third kappa shape index (κ3) is 4.24. The van der Waals surface area contributed by atoms with Crippen molar-refractivity contribution >= 4 is 11.9 Å². The van der Waals surface area contributed by atoms with Crippen molar-refractivity contribution < 1.29 is 14.7 Å². The van der Waals surface area contributed by atoms with Gasteiger partial charge in [-0.2, -0.15) is 0 Å². The lowest BCUT2D eigenvalue weighted by Gasteiger charge is -2.26. The molecule has 0 aromatic heterocycles. The molecule has 0 aliphatic heterocycles. The predicted molar refractivity (Wildman–Crippen MR) is 73.8 cm³/mol. The summed E-state index contributed by atoms with van der Waals surface area (Å²) in [6.45, 7) is 0. The number of aliphatic hydroxyl groups excluding tert-OH is 1. The lowest BCUT2D eigenvalue weighted by atomic mass is 9.93. The molecule has 6 heteroatoms. The van der Waals surface area contributed by atoms with Gasteiger partial charge in [0.2, 0.25) is 0 Å². The summed E-state index contributed by atoms with van der Waals surface area (Å²) < 4.78 is 0. The molecule has 1 aromatic rings. The van der Waals surface area contributed by atoms with E-state index in [2.05, 4.69) is 16.2 Å². The van der Waals surface area contributed by atoms with Crippen LogP contribution in [0.3, 0.4) is 0 Å². The molecule has 2 rings (SSSR count). The fourth-order valence-electron chi connectivity index (χ4n) is 2.22. The van der Waals surface area contributed by atoms with Crippen molar-refractivity contribution in [1.29, 1.82) is 0 Å². The molecule has 1 saturated carbocycles. The van der Waals surface area contributed by atoms with Crippen molar-refractivity contribution in [3.8, 4) is 0 Å². The molecule has 0 atom stereocenters. The highest BCUT2D eigenvalue weighted by molar-refractivity contribution is 5.95. The van der Waals surface area contributed by atoms with Gasteiger partial charge < -0.3 is 10.4 Å². The van der Waals surface area contributed by atoms with E-state index < -0.39 is 6.03 Å². The van der Waals surface area contributed by atoms with Crippen LogP contribution in [0, 0.1) is 0 Å². The predicted octanol–water partition coefficient (Wildman–Crippen LogP) is 0.934. The van der Waals surface area contributed by atoms with Gasteiger partial charge >= 0.3 is 6.03 Å². The molecule has 1 aliphatic rings. The topological polar surface area (TPSA) is 90.5 Å². The number of hydrogen-bond donors (Lipinski definition) is 4. The lowest BCUT2D eigenvalue weighted by molar-refractivity contribution is 0.0934. The van der Waals surface area contributed by atoms with Crippen molar-refractivity contribution in [3.63, 3.8) is 0 Å². The number of carbonyl (C=O) groups is 2. The average molecular weight is 277 g/mol. The average Bonchev–Trinajstić information content (AvgIpc) is 2.48. The van der Waals surface area contributed by atoms with Gasteiger partial charge in [0.1, 0.15) is 0 Å². The monoisotopic (exact) mass is 277 g/mol. The summed E-state index contributed by atoms with van der Waals surface area (Å²) in [5, 5.41) is 12.1. The fourth-order valence-corrected chi connectivity index (χ4v) is 2.22. The zero-order valence-electron chi connectivity index (χ0n) is 11.1. The first-order chi connectivity index (χ1) is 9.65. The summed E-state index contributed by atoms with van der Waals surface area (Å²) in [6.07, 6.45) is 2.64. The van der Waals surface area contributed by atoms with Crippen molar-refractivity contribution in [1.82, 2.24) is 16.2 Å². The highest BCUT2D eigenvalue weighted by Gasteiger charge is 2.20. The highest BCUT2D eigenvalue weighted by Crippen LogP contribution is 2.17. The zero-order valence-corrected chi connectivity index (χ0v) is 11.1. The third-order valence-corrected chi connectivity index (χ3v) is 3.36. The summed E-state index contributed by atoms with van der Waals surface area (Å²) in [5.41, 5.74) is 5.15. The van der Waals surface area contributed by atoms with Crippen LogP contribution in [0.1, 0.15) is 36.0 Å². The van der Waals surface area contributed by atoms with Crippen LogP contribution in [-0.2, 0) is 0 Å². The molecule has 6 nitrogen and oxygen atoms in total. The summed E-state index contributed by atoms with van der Waals surface area (Å²) >= 11 is 0. The van der Waals surface area contributed by atoms with E-state index in [0.717, 1.165) is 12.8 Å². The van der Waals surface area contributed by atoms with E-state index >= 15 is 0 Å². The second-order valence-corrected chi connectivity index (χ2v) is 4.92. The van der Waals surface area contributed by atoms with Gasteiger partial charge in [0, 0.05) is 11.6 Å². The van der Waals surface area contributed by atoms with Crippen molar-refractivity contribution in [2.24, 2.45) is 0 Å². The number of carbonyl (C=O) groups excluding carboxylic acids is 2. The number of rotatable bonds is 2. The maximum absolute atomic E-state index is 11.7. The minimum absolute atomic E-state index is 0.0482. The third-order valence-electron chi connectivity index (χ3n) is 3.36. The van der Waals surface area contributed by atoms with Gasteiger partial charge in [-0.05, 0) is 37.8 Å². The standard InChI is InChI=1S/C14H19N3O3/c18-12-8-6-11(7-9-12)15-14(20)17-16-13(19)10-4-2-1-3-5-10/h1-5,11-12,18H,6-9H2,(H,16,19)(H2,15,17,20). The summed E-state index contributed by atoms with van der Waals surface area (Å²) in [7, 11) is 0. The van der Waals surface area contributed by atoms with Gasteiger partial charge in [-0.1, -0.05) is 18.2 Å². The summed E-state index contributed by atoms with van der Waals surface area (Å²) in [4.78, 5) is 23.3. The number of urea groups is 1. The molecule has 1 fully saturated rings. The molecule has 0 radical (unpaired) electrons. The van der Waals surface area contributed by atoms with Crippen LogP contribution in [0.15, 0.2) is 30.3 Å². The molecule has 3 amide bonds. The quantitative estimate of drug-likeness (QED) is 0.606. The largest absolute Gasteiger partial charge is 0.393 e. The zero-order chi connectivity index (χ0) is 14.4. The Balaban J connectivity index is 1.71. The summed E-state index contributed by atoms with van der Waals surface area (Å²) in [6, 6.07) is 8.26. The van der Waals surface area contributed by atoms with E-state index in [-0.39, 0.29) is 18.1 Å². The molecule has 0 saturated heterocycles. The van der Waals surface area contributed by atoms with Crippen molar-refractivity contribution in [2.75, 3.05) is 0 Å². The van der Waals surface area contributed by atoms with Gasteiger partial charge in [0.25, 0.3) is 5.91 Å². The Morgan fingerprint density at radius 3 is 2.30 bits per heavy atom. The minimum atomic E-state index is -0.435. The van der Waals surface area contributed by atoms with Crippen molar-refractivity contribution in [2.45, 2.75) is 37.8 Å². The van der Waals surface area contributed by atoms with Crippen molar-refractivity contribution in [3.05, 3.63) is 35.9 Å². The van der Waals surface area contributed by atoms with Gasteiger partial charge in [0.05, 0.1) is 6.10 Å². The maximum atomic E-state index is 11.7. The van der Waals surface area contributed by atoms with Crippen LogP contribution in [0.4, 0.5) is 4.79 Å². The molecule has 108 valence electrons. The molecule has 1 aromatic carbocycles. The number of hydrazine groups is 1. The molecule has 0 spiro atoms. The highest BCUT2D eigenvalue weighted by atomic mass is 16.3. The van der Waals surface area contributed by atoms with E-state index in [1.54, 1.807) is 24.3 Å². The maximum Gasteiger partial charge on any atom is 0.333 e. The van der Waals surface area contributed by atoms with Gasteiger partial charge in [0.15, 0.2) is 0 Å². The second-order valence-electron chi connectivity index (χ2n) is 4.92. The Hall–Kier alpha value is -2.08. The molecule has 20 heavy (non-hydrogen) atoms. The van der Waals surface area contributed by atoms with Crippen LogP contribution in [0.2, 0.25) is 0 Å². The number of aliphatic hydroxyl groups is 1. The van der Waals surface area contributed by atoms with Gasteiger partial charge in [-0.15, -0.1) is 0 Å². The molecule has 0 heterocycles. The first-order valence-corrected chi connectivity index (χ1v) is 6.75. The Bertz CT molecular complexity index is 456. The van der Waals surface area contributed by atoms with Crippen LogP contribution in [0.5, 0.6) is 0 Å². The second kappa shape index (κ2) is 6.91. The first kappa shape index (κ1) is 14.3. The normalized spacial score (nSPS) is 21.9. The number of benzene rings is 1. The Morgan fingerprint density at radius 2 is 1.65 bits per heavy atom. The first-order valence-electron chi connectivity index (χ1n) is 6.75. The van der Waals surface area contributed by atoms with E-state index in [1.165, 1.54) is 0 Å². The number of nitrogens with one attached hydrogen (secondary N) is 3. The smallest absolute Gasteiger partial charge is 0.333 e. The molecule has 0 unspecified atom stereocenters. The fraction of sp³-hybridized carbons (Fsp3) is 0.429. The molecular weight excluding hydrogens is 258 g/mol. The number of hydrogen-bond acceptors (Lipinski definition) is 3. The van der Waals surface area contributed by atoms with E-state index in [9.17, 15) is 14.7 Å². The Morgan fingerprint density at radius 1 is 1.00 bits per heavy atom. The van der Waals surface area contributed by atoms with Crippen LogP contribution in [-0.4, -0.2) is 29.2 Å². The molecule has 0 bridgehead atoms. The SMILES string of the molecule is O=C(NNC(=O)c1ccccc1)NC1CCC(O)CC1.